The average Bonchev–Trinajstić information content (AvgIpc) is 2.69. The summed E-state index contributed by atoms with van der Waals surface area (Å²) in [4.78, 5) is 13.8. The number of carbonyl (C=O) groups is 1. The van der Waals surface area contributed by atoms with E-state index in [2.05, 4.69) is 37.4 Å². The molecule has 4 heteroatoms. The summed E-state index contributed by atoms with van der Waals surface area (Å²) in [5.74, 6) is 0.799. The Balaban J connectivity index is 1.60. The fourth-order valence-electron chi connectivity index (χ4n) is 3.03. The Hall–Kier alpha value is -2.23. The average molecular weight is 410 g/mol. The fourth-order valence-corrected chi connectivity index (χ4v) is 4.01. The van der Waals surface area contributed by atoms with Gasteiger partial charge in [0.2, 0.25) is 0 Å². The minimum atomic E-state index is -0.0506. The van der Waals surface area contributed by atoms with Crippen molar-refractivity contribution in [3.63, 3.8) is 0 Å². The summed E-state index contributed by atoms with van der Waals surface area (Å²) in [6.45, 7) is 6.17. The maximum Gasteiger partial charge on any atom is 0.251 e. The number of rotatable bonds is 6. The lowest BCUT2D eigenvalue weighted by Crippen LogP contribution is -2.27. The van der Waals surface area contributed by atoms with Crippen LogP contribution in [0.2, 0.25) is 5.02 Å². The molecule has 0 aliphatic heterocycles. The van der Waals surface area contributed by atoms with Crippen LogP contribution < -0.4 is 5.32 Å². The lowest BCUT2D eigenvalue weighted by Gasteiger charge is -2.17. The smallest absolute Gasteiger partial charge is 0.251 e. The monoisotopic (exact) mass is 409 g/mol. The molecule has 0 saturated heterocycles. The molecule has 1 amide bonds. The second-order valence-electron chi connectivity index (χ2n) is 6.99. The minimum absolute atomic E-state index is 0.0347. The number of thioether (sulfide) groups is 1. The summed E-state index contributed by atoms with van der Waals surface area (Å²) in [5, 5.41) is 3.85. The molecule has 0 saturated carbocycles. The number of halogens is 1. The van der Waals surface area contributed by atoms with Crippen molar-refractivity contribution in [1.82, 2.24) is 5.32 Å². The van der Waals surface area contributed by atoms with Crippen LogP contribution in [-0.4, -0.2) is 5.91 Å². The summed E-state index contributed by atoms with van der Waals surface area (Å²) in [6.07, 6.45) is 0. The van der Waals surface area contributed by atoms with Gasteiger partial charge in [-0.15, -0.1) is 11.8 Å². The molecule has 1 N–H and O–H groups in total. The Kier molecular flexibility index (Phi) is 6.82. The molecular weight excluding hydrogens is 386 g/mol. The zero-order chi connectivity index (χ0) is 20.1. The van der Waals surface area contributed by atoms with Crippen molar-refractivity contribution in [3.8, 4) is 0 Å². The summed E-state index contributed by atoms with van der Waals surface area (Å²) < 4.78 is 0. The first-order chi connectivity index (χ1) is 13.4. The van der Waals surface area contributed by atoms with Crippen LogP contribution in [0.5, 0.6) is 0 Å². The molecule has 28 heavy (non-hydrogen) atoms. The predicted molar refractivity (Wildman–Crippen MR) is 119 cm³/mol. The van der Waals surface area contributed by atoms with E-state index in [-0.39, 0.29) is 11.9 Å². The molecule has 0 heterocycles. The summed E-state index contributed by atoms with van der Waals surface area (Å²) >= 11 is 7.67. The van der Waals surface area contributed by atoms with Gasteiger partial charge in [0.25, 0.3) is 5.91 Å². The van der Waals surface area contributed by atoms with Gasteiger partial charge in [0.1, 0.15) is 0 Å². The Morgan fingerprint density at radius 3 is 2.36 bits per heavy atom. The van der Waals surface area contributed by atoms with Crippen molar-refractivity contribution in [2.45, 2.75) is 37.5 Å². The molecule has 0 fully saturated rings. The lowest BCUT2D eigenvalue weighted by atomic mass is 9.99. The third-order valence-electron chi connectivity index (χ3n) is 4.68. The predicted octanol–water partition coefficient (Wildman–Crippen LogP) is 6.74. The van der Waals surface area contributed by atoms with E-state index >= 15 is 0 Å². The Bertz CT molecular complexity index is 951. The zero-order valence-electron chi connectivity index (χ0n) is 16.3. The quantitative estimate of drug-likeness (QED) is 0.456. The van der Waals surface area contributed by atoms with Gasteiger partial charge in [-0.25, -0.2) is 0 Å². The molecule has 3 aromatic rings. The van der Waals surface area contributed by atoms with E-state index in [0.29, 0.717) is 5.56 Å². The van der Waals surface area contributed by atoms with Crippen molar-refractivity contribution in [1.29, 1.82) is 0 Å². The minimum Gasteiger partial charge on any atom is -0.346 e. The van der Waals surface area contributed by atoms with Crippen LogP contribution in [0.15, 0.2) is 71.6 Å². The van der Waals surface area contributed by atoms with Crippen LogP contribution in [0.1, 0.15) is 45.6 Å². The number of carbonyl (C=O) groups excluding carboxylic acids is 1. The van der Waals surface area contributed by atoms with E-state index in [1.54, 1.807) is 11.8 Å². The van der Waals surface area contributed by atoms with E-state index < -0.39 is 0 Å². The molecule has 0 bridgehead atoms. The normalized spacial score (nSPS) is 11.9. The van der Waals surface area contributed by atoms with Crippen molar-refractivity contribution in [2.24, 2.45) is 0 Å². The molecule has 144 valence electrons. The van der Waals surface area contributed by atoms with Crippen molar-refractivity contribution < 1.29 is 4.79 Å². The second-order valence-corrected chi connectivity index (χ2v) is 8.48. The molecule has 0 aliphatic carbocycles. The largest absolute Gasteiger partial charge is 0.346 e. The Morgan fingerprint density at radius 1 is 1.00 bits per heavy atom. The first-order valence-corrected chi connectivity index (χ1v) is 10.6. The highest BCUT2D eigenvalue weighted by Gasteiger charge is 2.13. The Morgan fingerprint density at radius 2 is 1.68 bits per heavy atom. The molecule has 0 radical (unpaired) electrons. The van der Waals surface area contributed by atoms with E-state index in [9.17, 15) is 4.79 Å². The van der Waals surface area contributed by atoms with Crippen LogP contribution in [-0.2, 0) is 5.75 Å². The number of hydrogen-bond donors (Lipinski definition) is 1. The van der Waals surface area contributed by atoms with Crippen molar-refractivity contribution in [3.05, 3.63) is 99.6 Å². The van der Waals surface area contributed by atoms with Gasteiger partial charge < -0.3 is 5.32 Å². The maximum absolute atomic E-state index is 12.6. The van der Waals surface area contributed by atoms with Crippen LogP contribution in [0.25, 0.3) is 0 Å². The van der Waals surface area contributed by atoms with Gasteiger partial charge >= 0.3 is 0 Å². The van der Waals surface area contributed by atoms with Crippen LogP contribution in [0, 0.1) is 13.8 Å². The van der Waals surface area contributed by atoms with Gasteiger partial charge in [-0.1, -0.05) is 47.5 Å². The van der Waals surface area contributed by atoms with E-state index in [1.165, 1.54) is 21.6 Å². The highest BCUT2D eigenvalue weighted by molar-refractivity contribution is 7.98. The van der Waals surface area contributed by atoms with Gasteiger partial charge in [0.05, 0.1) is 6.04 Å². The number of amides is 1. The molecule has 1 atom stereocenters. The Labute approximate surface area is 176 Å². The van der Waals surface area contributed by atoms with Crippen molar-refractivity contribution in [2.75, 3.05) is 0 Å². The molecule has 3 rings (SSSR count). The molecule has 0 spiro atoms. The van der Waals surface area contributed by atoms with Gasteiger partial charge in [0.15, 0.2) is 0 Å². The highest BCUT2D eigenvalue weighted by atomic mass is 35.5. The molecule has 3 aromatic carbocycles. The first kappa shape index (κ1) is 20.5. The van der Waals surface area contributed by atoms with Crippen LogP contribution in [0.4, 0.5) is 0 Å². The third kappa shape index (κ3) is 5.40. The lowest BCUT2D eigenvalue weighted by molar-refractivity contribution is 0.0940. The maximum atomic E-state index is 12.6. The van der Waals surface area contributed by atoms with Gasteiger partial charge in [-0.2, -0.15) is 0 Å². The fraction of sp³-hybridized carbons (Fsp3) is 0.208. The first-order valence-electron chi connectivity index (χ1n) is 9.27. The second kappa shape index (κ2) is 9.31. The number of aryl methyl sites for hydroxylation is 2. The number of nitrogens with one attached hydrogen (secondary N) is 1. The third-order valence-corrected chi connectivity index (χ3v) is 6.02. The number of hydrogen-bond acceptors (Lipinski definition) is 2. The highest BCUT2D eigenvalue weighted by Crippen LogP contribution is 2.24. The molecule has 2 nitrogen and oxygen atoms in total. The van der Waals surface area contributed by atoms with Crippen LogP contribution >= 0.6 is 23.4 Å². The summed E-state index contributed by atoms with van der Waals surface area (Å²) in [6, 6.07) is 21.9. The van der Waals surface area contributed by atoms with E-state index in [1.807, 2.05) is 55.5 Å². The van der Waals surface area contributed by atoms with Crippen molar-refractivity contribution >= 4 is 29.3 Å². The van der Waals surface area contributed by atoms with Gasteiger partial charge in [-0.05, 0) is 73.9 Å². The molecule has 0 aliphatic rings. The van der Waals surface area contributed by atoms with Gasteiger partial charge in [-0.3, -0.25) is 4.79 Å². The molecule has 0 unspecified atom stereocenters. The molecule has 0 aromatic heterocycles. The SMILES string of the molecule is Cc1ccc(C)c([C@@H](C)NC(=O)c2ccc(CSc3ccc(Cl)cc3)cc2)c1. The van der Waals surface area contributed by atoms with E-state index in [4.69, 9.17) is 11.6 Å². The topological polar surface area (TPSA) is 29.1 Å². The van der Waals surface area contributed by atoms with Gasteiger partial charge in [0, 0.05) is 21.2 Å². The standard InChI is InChI=1S/C24H24ClNOS/c1-16-4-5-17(2)23(14-16)18(3)26-24(27)20-8-6-19(7-9-20)15-28-22-12-10-21(25)11-13-22/h4-14,18H,15H2,1-3H3,(H,26,27)/t18-/m1/s1. The van der Waals surface area contributed by atoms with Crippen LogP contribution in [0.3, 0.4) is 0 Å². The van der Waals surface area contributed by atoms with E-state index in [0.717, 1.165) is 16.3 Å². The summed E-state index contributed by atoms with van der Waals surface area (Å²) in [5.41, 5.74) is 5.40. The summed E-state index contributed by atoms with van der Waals surface area (Å²) in [7, 11) is 0. The molecular formula is C24H24ClNOS. The zero-order valence-corrected chi connectivity index (χ0v) is 17.9. The number of benzene rings is 3.